The molecule has 2 heterocycles. The van der Waals surface area contributed by atoms with E-state index in [1.165, 1.54) is 11.3 Å². The molecule has 4 aromatic rings. The molecule has 2 aromatic heterocycles. The molecule has 2 aromatic carbocycles. The van der Waals surface area contributed by atoms with Crippen LogP contribution in [0.5, 0.6) is 0 Å². The molecular weight excluding hydrogens is 350 g/mol. The van der Waals surface area contributed by atoms with Crippen LogP contribution in [0.2, 0.25) is 0 Å². The van der Waals surface area contributed by atoms with E-state index < -0.39 is 0 Å². The van der Waals surface area contributed by atoms with E-state index in [9.17, 15) is 4.79 Å². The number of carbonyl (C=O) groups is 1. The molecule has 0 aliphatic heterocycles. The number of hydrogen-bond donors (Lipinski definition) is 1. The average Bonchev–Trinajstić information content (AvgIpc) is 3.33. The van der Waals surface area contributed by atoms with Crippen LogP contribution in [0.25, 0.3) is 16.7 Å². The lowest BCUT2D eigenvalue weighted by Gasteiger charge is -2.24. The number of carbonyl (C=O) groups excluding carboxylic acids is 1. The molecule has 0 saturated carbocycles. The highest BCUT2D eigenvalue weighted by Crippen LogP contribution is 2.32. The summed E-state index contributed by atoms with van der Waals surface area (Å²) in [6.07, 6.45) is 4.76. The summed E-state index contributed by atoms with van der Waals surface area (Å²) in [6.45, 7) is 2.09. The number of rotatable bonds is 3. The maximum Gasteiger partial charge on any atom is 0.287 e. The Bertz CT molecular complexity index is 1140. The van der Waals surface area contributed by atoms with Crippen LogP contribution in [0.15, 0.2) is 65.2 Å². The fraction of sp³-hybridized carbons (Fsp3) is 0.217. The van der Waals surface area contributed by atoms with Crippen molar-refractivity contribution in [3.8, 4) is 5.69 Å². The van der Waals surface area contributed by atoms with Crippen molar-refractivity contribution in [2.24, 2.45) is 0 Å². The van der Waals surface area contributed by atoms with E-state index in [4.69, 9.17) is 4.42 Å². The van der Waals surface area contributed by atoms with Gasteiger partial charge in [0.2, 0.25) is 0 Å². The minimum Gasteiger partial charge on any atom is -0.451 e. The molecule has 0 spiro atoms. The summed E-state index contributed by atoms with van der Waals surface area (Å²) in [7, 11) is 0. The van der Waals surface area contributed by atoms with Crippen molar-refractivity contribution in [1.82, 2.24) is 15.1 Å². The summed E-state index contributed by atoms with van der Waals surface area (Å²) >= 11 is 0. The highest BCUT2D eigenvalue weighted by molar-refractivity contribution is 5.96. The smallest absolute Gasteiger partial charge is 0.287 e. The largest absolute Gasteiger partial charge is 0.451 e. The van der Waals surface area contributed by atoms with Gasteiger partial charge in [-0.25, -0.2) is 4.68 Å². The summed E-state index contributed by atoms with van der Waals surface area (Å²) in [4.78, 5) is 12.8. The summed E-state index contributed by atoms with van der Waals surface area (Å²) in [5, 5.41) is 8.72. The third-order valence-corrected chi connectivity index (χ3v) is 5.48. The molecule has 0 unspecified atom stereocenters. The SMILES string of the molecule is Cc1ccccc1-n1ncc2c1CCC[C@H]2NC(=O)c1cc2ccccc2o1. The fourth-order valence-electron chi connectivity index (χ4n) is 4.04. The molecule has 1 N–H and O–H groups in total. The average molecular weight is 371 g/mol. The van der Waals surface area contributed by atoms with Crippen molar-refractivity contribution in [3.05, 3.63) is 83.4 Å². The number of amides is 1. The van der Waals surface area contributed by atoms with Gasteiger partial charge < -0.3 is 9.73 Å². The van der Waals surface area contributed by atoms with Gasteiger partial charge in [0.15, 0.2) is 5.76 Å². The Morgan fingerprint density at radius 3 is 2.86 bits per heavy atom. The number of aromatic nitrogens is 2. The number of aryl methyl sites for hydroxylation is 1. The normalized spacial score (nSPS) is 16.1. The molecule has 5 heteroatoms. The zero-order valence-electron chi connectivity index (χ0n) is 15.7. The fourth-order valence-corrected chi connectivity index (χ4v) is 4.04. The van der Waals surface area contributed by atoms with Crippen LogP contribution in [-0.4, -0.2) is 15.7 Å². The Kier molecular flexibility index (Phi) is 4.01. The van der Waals surface area contributed by atoms with Crippen LogP contribution < -0.4 is 5.32 Å². The van der Waals surface area contributed by atoms with Crippen molar-refractivity contribution >= 4 is 16.9 Å². The summed E-state index contributed by atoms with van der Waals surface area (Å²) in [5.74, 6) is 0.164. The van der Waals surface area contributed by atoms with Crippen molar-refractivity contribution in [2.45, 2.75) is 32.2 Å². The first-order valence-corrected chi connectivity index (χ1v) is 9.63. The Balaban J connectivity index is 1.44. The van der Waals surface area contributed by atoms with E-state index in [-0.39, 0.29) is 11.9 Å². The molecular formula is C23H21N3O2. The lowest BCUT2D eigenvalue weighted by molar-refractivity contribution is 0.0907. The molecule has 5 nitrogen and oxygen atoms in total. The van der Waals surface area contributed by atoms with Crippen LogP contribution in [0.3, 0.4) is 0 Å². The summed E-state index contributed by atoms with van der Waals surface area (Å²) in [5.41, 5.74) is 5.27. The van der Waals surface area contributed by atoms with Crippen LogP contribution in [0.1, 0.15) is 46.3 Å². The first-order chi connectivity index (χ1) is 13.7. The van der Waals surface area contributed by atoms with Crippen molar-refractivity contribution in [2.75, 3.05) is 0 Å². The van der Waals surface area contributed by atoms with Gasteiger partial charge in [-0.05, 0) is 49.9 Å². The van der Waals surface area contributed by atoms with E-state index in [0.717, 1.165) is 41.5 Å². The van der Waals surface area contributed by atoms with Gasteiger partial charge in [0.05, 0.1) is 17.9 Å². The highest BCUT2D eigenvalue weighted by atomic mass is 16.3. The zero-order chi connectivity index (χ0) is 19.1. The van der Waals surface area contributed by atoms with Crippen molar-refractivity contribution in [3.63, 3.8) is 0 Å². The molecule has 0 saturated heterocycles. The minimum absolute atomic E-state index is 0.0535. The van der Waals surface area contributed by atoms with Gasteiger partial charge in [-0.1, -0.05) is 36.4 Å². The molecule has 1 aliphatic carbocycles. The minimum atomic E-state index is -0.183. The zero-order valence-corrected chi connectivity index (χ0v) is 15.7. The van der Waals surface area contributed by atoms with Crippen LogP contribution >= 0.6 is 0 Å². The van der Waals surface area contributed by atoms with E-state index in [0.29, 0.717) is 5.76 Å². The summed E-state index contributed by atoms with van der Waals surface area (Å²) in [6, 6.07) is 17.6. The molecule has 5 rings (SSSR count). The predicted octanol–water partition coefficient (Wildman–Crippen LogP) is 4.73. The van der Waals surface area contributed by atoms with E-state index >= 15 is 0 Å². The Labute approximate surface area is 163 Å². The molecule has 1 amide bonds. The first kappa shape index (κ1) is 16.8. The number of furan rings is 1. The lowest BCUT2D eigenvalue weighted by Crippen LogP contribution is -2.30. The molecule has 28 heavy (non-hydrogen) atoms. The molecule has 1 aliphatic rings. The van der Waals surface area contributed by atoms with Gasteiger partial charge in [-0.2, -0.15) is 5.10 Å². The number of para-hydroxylation sites is 2. The van der Waals surface area contributed by atoms with Crippen LogP contribution in [0, 0.1) is 6.92 Å². The van der Waals surface area contributed by atoms with Crippen molar-refractivity contribution in [1.29, 1.82) is 0 Å². The quantitative estimate of drug-likeness (QED) is 0.566. The van der Waals surface area contributed by atoms with Crippen molar-refractivity contribution < 1.29 is 9.21 Å². The first-order valence-electron chi connectivity index (χ1n) is 9.63. The standard InChI is InChI=1S/C23H21N3O2/c1-15-7-2-4-10-19(15)26-20-11-6-9-18(17(20)14-24-26)25-23(27)22-13-16-8-3-5-12-21(16)28-22/h2-5,7-8,10,12-14,18H,6,9,11H2,1H3,(H,25,27)/t18-/m1/s1. The second-order valence-corrected chi connectivity index (χ2v) is 7.31. The van der Waals surface area contributed by atoms with Gasteiger partial charge >= 0.3 is 0 Å². The number of hydrogen-bond acceptors (Lipinski definition) is 3. The molecule has 140 valence electrons. The number of benzene rings is 2. The predicted molar refractivity (Wildman–Crippen MR) is 108 cm³/mol. The monoisotopic (exact) mass is 371 g/mol. The Morgan fingerprint density at radius 1 is 1.18 bits per heavy atom. The van der Waals surface area contributed by atoms with Crippen LogP contribution in [-0.2, 0) is 6.42 Å². The van der Waals surface area contributed by atoms with Crippen LogP contribution in [0.4, 0.5) is 0 Å². The maximum atomic E-state index is 12.8. The molecule has 1 atom stereocenters. The van der Waals surface area contributed by atoms with E-state index in [1.807, 2.05) is 47.3 Å². The number of nitrogens with zero attached hydrogens (tertiary/aromatic N) is 2. The van der Waals surface area contributed by atoms with Gasteiger partial charge in [0.25, 0.3) is 5.91 Å². The van der Waals surface area contributed by atoms with Gasteiger partial charge in [-0.3, -0.25) is 4.79 Å². The second-order valence-electron chi connectivity index (χ2n) is 7.31. The molecule has 0 bridgehead atoms. The molecule has 0 radical (unpaired) electrons. The second kappa shape index (κ2) is 6.68. The third-order valence-electron chi connectivity index (χ3n) is 5.48. The highest BCUT2D eigenvalue weighted by Gasteiger charge is 2.27. The Hall–Kier alpha value is -3.34. The Morgan fingerprint density at radius 2 is 2.00 bits per heavy atom. The van der Waals surface area contributed by atoms with Gasteiger partial charge in [0.1, 0.15) is 5.58 Å². The van der Waals surface area contributed by atoms with Gasteiger partial charge in [-0.15, -0.1) is 0 Å². The number of nitrogens with one attached hydrogen (secondary N) is 1. The topological polar surface area (TPSA) is 60.1 Å². The third kappa shape index (κ3) is 2.80. The molecule has 0 fully saturated rings. The van der Waals surface area contributed by atoms with E-state index in [2.05, 4.69) is 29.5 Å². The maximum absolute atomic E-state index is 12.8. The lowest BCUT2D eigenvalue weighted by atomic mass is 9.92. The number of fused-ring (bicyclic) bond motifs is 2. The van der Waals surface area contributed by atoms with Gasteiger partial charge in [0, 0.05) is 16.6 Å². The van der Waals surface area contributed by atoms with E-state index in [1.54, 1.807) is 6.07 Å². The summed E-state index contributed by atoms with van der Waals surface area (Å²) < 4.78 is 7.73.